The van der Waals surface area contributed by atoms with Gasteiger partial charge in [-0.3, -0.25) is 0 Å². The number of hydrogen-bond donors (Lipinski definition) is 2. The van der Waals surface area contributed by atoms with Crippen LogP contribution in [0.15, 0.2) is 0 Å². The standard InChI is InChI=1S/CH2O3.Mo/c2-1(3)4;/h(H2,2,3,4);. The summed E-state index contributed by atoms with van der Waals surface area (Å²) >= 11 is 0. The van der Waals surface area contributed by atoms with Gasteiger partial charge in [0, 0.05) is 21.1 Å². The molecule has 0 atom stereocenters. The average Bonchev–Trinajstić information content (AvgIpc) is 0.811. The van der Waals surface area contributed by atoms with E-state index in [0.29, 0.717) is 0 Å². The van der Waals surface area contributed by atoms with Crippen molar-refractivity contribution in [2.24, 2.45) is 0 Å². The van der Waals surface area contributed by atoms with Gasteiger partial charge in [-0.15, -0.1) is 0 Å². The Hall–Kier alpha value is -0.0417. The summed E-state index contributed by atoms with van der Waals surface area (Å²) in [6.07, 6.45) is -1.83. The maximum absolute atomic E-state index is 8.56. The normalized spacial score (nSPS) is 4.80. The summed E-state index contributed by atoms with van der Waals surface area (Å²) in [4.78, 5) is 8.56. The van der Waals surface area contributed by atoms with Crippen LogP contribution in [-0.4, -0.2) is 16.4 Å². The topological polar surface area (TPSA) is 57.5 Å². The minimum absolute atomic E-state index is 0. The fourth-order valence-corrected chi connectivity index (χ4v) is 0. The number of carboxylic acid groups (broad SMARTS) is 2. The molecule has 0 aromatic heterocycles. The first kappa shape index (κ1) is 8.88. The predicted molar refractivity (Wildman–Crippen MR) is 10.7 cm³/mol. The Morgan fingerprint density at radius 2 is 1.40 bits per heavy atom. The van der Waals surface area contributed by atoms with Gasteiger partial charge in [0.25, 0.3) is 0 Å². The summed E-state index contributed by atoms with van der Waals surface area (Å²) < 4.78 is 0. The molecule has 5 heavy (non-hydrogen) atoms. The zero-order chi connectivity index (χ0) is 3.58. The van der Waals surface area contributed by atoms with Gasteiger partial charge in [-0.05, 0) is 0 Å². The maximum Gasteiger partial charge on any atom is 0.503 e. The molecule has 0 spiro atoms. The smallest absolute Gasteiger partial charge is 0.450 e. The first-order chi connectivity index (χ1) is 1.73. The second kappa shape index (κ2) is 3.96. The molecule has 0 aromatic rings. The van der Waals surface area contributed by atoms with Crippen molar-refractivity contribution in [2.75, 3.05) is 0 Å². The third-order valence-corrected chi connectivity index (χ3v) is 0. The van der Waals surface area contributed by atoms with Gasteiger partial charge in [-0.1, -0.05) is 0 Å². The Bertz CT molecular complexity index is 29.9. The second-order valence-corrected chi connectivity index (χ2v) is 0.283. The zero-order valence-corrected chi connectivity index (χ0v) is 4.22. The van der Waals surface area contributed by atoms with Crippen molar-refractivity contribution in [3.63, 3.8) is 0 Å². The minimum Gasteiger partial charge on any atom is -0.450 e. The molecule has 0 saturated heterocycles. The van der Waals surface area contributed by atoms with E-state index in [2.05, 4.69) is 0 Å². The van der Waals surface area contributed by atoms with Crippen LogP contribution in [0, 0.1) is 0 Å². The van der Waals surface area contributed by atoms with Gasteiger partial charge < -0.3 is 10.2 Å². The number of carbonyl (C=O) groups is 1. The third-order valence-electron chi connectivity index (χ3n) is 0. The van der Waals surface area contributed by atoms with Crippen LogP contribution in [-0.2, 0) is 21.1 Å². The molecule has 0 aliphatic rings. The third kappa shape index (κ3) is 8730. The van der Waals surface area contributed by atoms with Crippen molar-refractivity contribution in [1.82, 2.24) is 0 Å². The second-order valence-electron chi connectivity index (χ2n) is 0.283. The van der Waals surface area contributed by atoms with Crippen LogP contribution in [0.25, 0.3) is 0 Å². The quantitative estimate of drug-likeness (QED) is 0.495. The van der Waals surface area contributed by atoms with E-state index in [1.165, 1.54) is 0 Å². The molecule has 0 radical (unpaired) electrons. The molecule has 0 amide bonds. The van der Waals surface area contributed by atoms with Gasteiger partial charge in [-0.25, -0.2) is 4.79 Å². The van der Waals surface area contributed by atoms with E-state index >= 15 is 0 Å². The van der Waals surface area contributed by atoms with Gasteiger partial charge in [0.05, 0.1) is 0 Å². The van der Waals surface area contributed by atoms with Gasteiger partial charge in [0.15, 0.2) is 0 Å². The van der Waals surface area contributed by atoms with E-state index in [9.17, 15) is 0 Å². The van der Waals surface area contributed by atoms with Crippen LogP contribution in [0.3, 0.4) is 0 Å². The van der Waals surface area contributed by atoms with E-state index in [0.717, 1.165) is 0 Å². The molecule has 0 heterocycles. The zero-order valence-electron chi connectivity index (χ0n) is 2.21. The molecule has 3 nitrogen and oxygen atoms in total. The van der Waals surface area contributed by atoms with E-state index in [1.807, 2.05) is 0 Å². The molecule has 0 unspecified atom stereocenters. The molecule has 4 heteroatoms. The predicted octanol–water partition coefficient (Wildman–Crippen LogP) is 0.220. The Balaban J connectivity index is 0. The molecule has 30 valence electrons. The van der Waals surface area contributed by atoms with Crippen LogP contribution >= 0.6 is 0 Å². The molecule has 0 bridgehead atoms. The van der Waals surface area contributed by atoms with Crippen molar-refractivity contribution in [3.8, 4) is 0 Å². The average molecular weight is 158 g/mol. The van der Waals surface area contributed by atoms with Crippen LogP contribution in [0.2, 0.25) is 0 Å². The molecule has 0 aliphatic heterocycles. The van der Waals surface area contributed by atoms with Crippen molar-refractivity contribution in [1.29, 1.82) is 0 Å². The minimum atomic E-state index is -1.83. The van der Waals surface area contributed by atoms with E-state index in [-0.39, 0.29) is 21.1 Å². The van der Waals surface area contributed by atoms with Crippen LogP contribution < -0.4 is 0 Å². The summed E-state index contributed by atoms with van der Waals surface area (Å²) in [6.45, 7) is 0. The molecule has 0 rings (SSSR count). The molecule has 0 fully saturated rings. The Kier molecular flexibility index (Phi) is 7.03. The van der Waals surface area contributed by atoms with Crippen LogP contribution in [0.4, 0.5) is 4.79 Å². The number of rotatable bonds is 0. The molecule has 2 N–H and O–H groups in total. The largest absolute Gasteiger partial charge is 0.503 e. The van der Waals surface area contributed by atoms with E-state index < -0.39 is 6.16 Å². The molecule has 0 aliphatic carbocycles. The fourth-order valence-electron chi connectivity index (χ4n) is 0. The van der Waals surface area contributed by atoms with Crippen LogP contribution in [0.5, 0.6) is 0 Å². The van der Waals surface area contributed by atoms with Gasteiger partial charge in [0.1, 0.15) is 0 Å². The van der Waals surface area contributed by atoms with Crippen molar-refractivity contribution >= 4 is 6.16 Å². The number of hydrogen-bond acceptors (Lipinski definition) is 1. The monoisotopic (exact) mass is 160 g/mol. The van der Waals surface area contributed by atoms with Gasteiger partial charge in [-0.2, -0.15) is 0 Å². The van der Waals surface area contributed by atoms with E-state index in [1.54, 1.807) is 0 Å². The van der Waals surface area contributed by atoms with Crippen LogP contribution in [0.1, 0.15) is 0 Å². The fraction of sp³-hybridized carbons (Fsp3) is 0. The SMILES string of the molecule is O=C(O)O.[Mo]. The molecular weight excluding hydrogens is 156 g/mol. The first-order valence-electron chi connectivity index (χ1n) is 0.651. The summed E-state index contributed by atoms with van der Waals surface area (Å²) in [5.74, 6) is 0. The Labute approximate surface area is 42.9 Å². The summed E-state index contributed by atoms with van der Waals surface area (Å²) in [5, 5.41) is 13.9. The molecule has 0 saturated carbocycles. The van der Waals surface area contributed by atoms with Crippen molar-refractivity contribution < 1.29 is 36.1 Å². The molecular formula is CH2MoO3. The van der Waals surface area contributed by atoms with Gasteiger partial charge in [0.2, 0.25) is 0 Å². The Morgan fingerprint density at radius 1 is 1.40 bits per heavy atom. The summed E-state index contributed by atoms with van der Waals surface area (Å²) in [6, 6.07) is 0. The first-order valence-corrected chi connectivity index (χ1v) is 0.651. The Morgan fingerprint density at radius 3 is 1.40 bits per heavy atom. The van der Waals surface area contributed by atoms with Crippen molar-refractivity contribution in [3.05, 3.63) is 0 Å². The molecule has 0 aromatic carbocycles. The van der Waals surface area contributed by atoms with Crippen molar-refractivity contribution in [2.45, 2.75) is 0 Å². The summed E-state index contributed by atoms with van der Waals surface area (Å²) in [5.41, 5.74) is 0. The maximum atomic E-state index is 8.56. The van der Waals surface area contributed by atoms with E-state index in [4.69, 9.17) is 15.0 Å². The summed E-state index contributed by atoms with van der Waals surface area (Å²) in [7, 11) is 0. The van der Waals surface area contributed by atoms with Gasteiger partial charge >= 0.3 is 6.16 Å².